The number of halogens is 1. The second-order valence-corrected chi connectivity index (χ2v) is 4.54. The van der Waals surface area contributed by atoms with Crippen molar-refractivity contribution in [2.45, 2.75) is 27.2 Å². The van der Waals surface area contributed by atoms with E-state index < -0.39 is 11.9 Å². The average Bonchev–Trinajstić information content (AvgIpc) is 2.27. The normalized spacial score (nSPS) is 11.2. The van der Waals surface area contributed by atoms with E-state index in [1.54, 1.807) is 6.07 Å². The molecule has 0 fully saturated rings. The molecular weight excluding hydrogens is 207 g/mol. The summed E-state index contributed by atoms with van der Waals surface area (Å²) in [6.45, 7) is 6.67. The predicted molar refractivity (Wildman–Crippen MR) is 60.6 cm³/mol. The Hall–Kier alpha value is -1.45. The lowest BCUT2D eigenvalue weighted by Crippen LogP contribution is -2.34. The van der Waals surface area contributed by atoms with E-state index in [1.807, 2.05) is 13.8 Å². The molecule has 3 nitrogen and oxygen atoms in total. The molecule has 1 aromatic rings. The minimum atomic E-state index is -0.727. The summed E-state index contributed by atoms with van der Waals surface area (Å²) in [7, 11) is 0. The zero-order valence-corrected chi connectivity index (χ0v) is 9.88. The van der Waals surface area contributed by atoms with E-state index in [1.165, 1.54) is 12.3 Å². The number of pyridine rings is 1. The number of nitrogens with one attached hydrogen (secondary N) is 1. The molecule has 0 aliphatic rings. The zero-order chi connectivity index (χ0) is 12.2. The van der Waals surface area contributed by atoms with Crippen LogP contribution in [-0.2, 0) is 0 Å². The summed E-state index contributed by atoms with van der Waals surface area (Å²) in [5, 5.41) is 2.71. The van der Waals surface area contributed by atoms with Gasteiger partial charge in [0.25, 0.3) is 5.91 Å². The fraction of sp³-hybridized carbons (Fsp3) is 0.500. The topological polar surface area (TPSA) is 42.0 Å². The lowest BCUT2D eigenvalue weighted by atomic mass is 9.90. The summed E-state index contributed by atoms with van der Waals surface area (Å²) >= 11 is 0. The molecule has 0 aliphatic heterocycles. The molecule has 16 heavy (non-hydrogen) atoms. The molecule has 0 aliphatic carbocycles. The van der Waals surface area contributed by atoms with Crippen molar-refractivity contribution in [2.24, 2.45) is 5.41 Å². The molecule has 1 N–H and O–H groups in total. The van der Waals surface area contributed by atoms with Gasteiger partial charge in [-0.15, -0.1) is 0 Å². The van der Waals surface area contributed by atoms with Crippen LogP contribution in [0.1, 0.15) is 37.6 Å². The first-order valence-corrected chi connectivity index (χ1v) is 5.35. The summed E-state index contributed by atoms with van der Waals surface area (Å²) in [6.07, 6.45) is 2.27. The van der Waals surface area contributed by atoms with Gasteiger partial charge in [-0.05, 0) is 24.0 Å². The highest BCUT2D eigenvalue weighted by atomic mass is 19.1. The van der Waals surface area contributed by atoms with E-state index >= 15 is 0 Å². The predicted octanol–water partition coefficient (Wildman–Crippen LogP) is 2.39. The first kappa shape index (κ1) is 12.6. The van der Waals surface area contributed by atoms with Crippen LogP contribution in [0.2, 0.25) is 0 Å². The molecule has 1 rings (SSSR count). The van der Waals surface area contributed by atoms with Crippen LogP contribution < -0.4 is 5.32 Å². The van der Waals surface area contributed by atoms with Gasteiger partial charge in [-0.3, -0.25) is 4.79 Å². The molecular formula is C12H17FN2O. The van der Waals surface area contributed by atoms with Crippen molar-refractivity contribution in [3.8, 4) is 0 Å². The van der Waals surface area contributed by atoms with Gasteiger partial charge in [0.15, 0.2) is 0 Å². The van der Waals surface area contributed by atoms with E-state index in [0.29, 0.717) is 6.54 Å². The molecule has 1 aromatic heterocycles. The Balaban J connectivity index is 2.64. The summed E-state index contributed by atoms with van der Waals surface area (Å²) in [4.78, 5) is 15.1. The van der Waals surface area contributed by atoms with Gasteiger partial charge < -0.3 is 5.32 Å². The van der Waals surface area contributed by atoms with E-state index in [0.717, 1.165) is 6.42 Å². The summed E-state index contributed by atoms with van der Waals surface area (Å²) < 4.78 is 13.2. The maximum absolute atomic E-state index is 13.2. The molecule has 0 aromatic carbocycles. The van der Waals surface area contributed by atoms with Crippen molar-refractivity contribution in [1.29, 1.82) is 0 Å². The van der Waals surface area contributed by atoms with Crippen LogP contribution in [0.5, 0.6) is 0 Å². The molecule has 0 bridgehead atoms. The molecule has 0 atom stereocenters. The van der Waals surface area contributed by atoms with Gasteiger partial charge >= 0.3 is 0 Å². The lowest BCUT2D eigenvalue weighted by molar-refractivity contribution is 0.0930. The standard InChI is InChI=1S/C12H17FN2O/c1-4-12(2,3)8-15-11(16)9-6-5-7-14-10(9)13/h5-7H,4,8H2,1-3H3,(H,15,16). The van der Waals surface area contributed by atoms with Crippen molar-refractivity contribution in [3.05, 3.63) is 29.8 Å². The number of amides is 1. The highest BCUT2D eigenvalue weighted by molar-refractivity contribution is 5.94. The van der Waals surface area contributed by atoms with Gasteiger partial charge in [0, 0.05) is 12.7 Å². The highest BCUT2D eigenvalue weighted by Gasteiger charge is 2.18. The monoisotopic (exact) mass is 224 g/mol. The van der Waals surface area contributed by atoms with Crippen LogP contribution in [0, 0.1) is 11.4 Å². The van der Waals surface area contributed by atoms with Gasteiger partial charge in [0.1, 0.15) is 0 Å². The zero-order valence-electron chi connectivity index (χ0n) is 9.88. The molecule has 0 spiro atoms. The van der Waals surface area contributed by atoms with Crippen molar-refractivity contribution < 1.29 is 9.18 Å². The Morgan fingerprint density at radius 1 is 1.56 bits per heavy atom. The van der Waals surface area contributed by atoms with Crippen molar-refractivity contribution in [2.75, 3.05) is 6.54 Å². The average molecular weight is 224 g/mol. The molecule has 0 saturated heterocycles. The van der Waals surface area contributed by atoms with Crippen molar-refractivity contribution >= 4 is 5.91 Å². The third-order valence-corrected chi connectivity index (χ3v) is 2.69. The molecule has 0 radical (unpaired) electrons. The van der Waals surface area contributed by atoms with Crippen LogP contribution in [0.3, 0.4) is 0 Å². The molecule has 4 heteroatoms. The quantitative estimate of drug-likeness (QED) is 0.798. The van der Waals surface area contributed by atoms with Crippen molar-refractivity contribution in [1.82, 2.24) is 10.3 Å². The van der Waals surface area contributed by atoms with Gasteiger partial charge in [0.05, 0.1) is 5.56 Å². The number of rotatable bonds is 4. The van der Waals surface area contributed by atoms with Gasteiger partial charge in [0.2, 0.25) is 5.95 Å². The van der Waals surface area contributed by atoms with Crippen LogP contribution >= 0.6 is 0 Å². The van der Waals surface area contributed by atoms with Crippen LogP contribution in [-0.4, -0.2) is 17.4 Å². The van der Waals surface area contributed by atoms with Crippen molar-refractivity contribution in [3.63, 3.8) is 0 Å². The fourth-order valence-electron chi connectivity index (χ4n) is 1.10. The van der Waals surface area contributed by atoms with Crippen LogP contribution in [0.4, 0.5) is 4.39 Å². The second-order valence-electron chi connectivity index (χ2n) is 4.54. The Morgan fingerprint density at radius 3 is 2.81 bits per heavy atom. The maximum Gasteiger partial charge on any atom is 0.255 e. The van der Waals surface area contributed by atoms with Crippen LogP contribution in [0.25, 0.3) is 0 Å². The summed E-state index contributed by atoms with van der Waals surface area (Å²) in [5.74, 6) is -1.14. The van der Waals surface area contributed by atoms with Gasteiger partial charge in [-0.25, -0.2) is 4.98 Å². The number of hydrogen-bond acceptors (Lipinski definition) is 2. The van der Waals surface area contributed by atoms with E-state index in [-0.39, 0.29) is 11.0 Å². The first-order valence-electron chi connectivity index (χ1n) is 5.35. The summed E-state index contributed by atoms with van der Waals surface area (Å²) in [6, 6.07) is 2.97. The smallest absolute Gasteiger partial charge is 0.255 e. The second kappa shape index (κ2) is 5.05. The Bertz CT molecular complexity index is 377. The molecule has 0 saturated carbocycles. The molecule has 1 heterocycles. The Kier molecular flexibility index (Phi) is 3.99. The number of carbonyl (C=O) groups is 1. The number of aromatic nitrogens is 1. The largest absolute Gasteiger partial charge is 0.351 e. The fourth-order valence-corrected chi connectivity index (χ4v) is 1.10. The highest BCUT2D eigenvalue weighted by Crippen LogP contribution is 2.18. The maximum atomic E-state index is 13.2. The SMILES string of the molecule is CCC(C)(C)CNC(=O)c1cccnc1F. The van der Waals surface area contributed by atoms with E-state index in [9.17, 15) is 9.18 Å². The Morgan fingerprint density at radius 2 is 2.25 bits per heavy atom. The van der Waals surface area contributed by atoms with Crippen LogP contribution in [0.15, 0.2) is 18.3 Å². The number of carbonyl (C=O) groups excluding carboxylic acids is 1. The van der Waals surface area contributed by atoms with Gasteiger partial charge in [-0.2, -0.15) is 4.39 Å². The van der Waals surface area contributed by atoms with E-state index in [2.05, 4.69) is 17.2 Å². The third-order valence-electron chi connectivity index (χ3n) is 2.69. The van der Waals surface area contributed by atoms with E-state index in [4.69, 9.17) is 0 Å². The minimum absolute atomic E-state index is 0.00518. The molecule has 88 valence electrons. The molecule has 1 amide bonds. The summed E-state index contributed by atoms with van der Waals surface area (Å²) in [5.41, 5.74) is 0.0170. The lowest BCUT2D eigenvalue weighted by Gasteiger charge is -2.22. The van der Waals surface area contributed by atoms with Gasteiger partial charge in [-0.1, -0.05) is 20.8 Å². The minimum Gasteiger partial charge on any atom is -0.351 e. The first-order chi connectivity index (χ1) is 7.46. The number of nitrogens with zero attached hydrogens (tertiary/aromatic N) is 1. The third kappa shape index (κ3) is 3.29. The Labute approximate surface area is 95.1 Å². The molecule has 0 unspecified atom stereocenters. The number of hydrogen-bond donors (Lipinski definition) is 1.